The Morgan fingerprint density at radius 1 is 1.00 bits per heavy atom. The minimum absolute atomic E-state index is 0.0255. The first-order valence-corrected chi connectivity index (χ1v) is 6.32. The normalized spacial score (nSPS) is 15.1. The van der Waals surface area contributed by atoms with Crippen LogP contribution in [0.15, 0.2) is 29.9 Å². The molecule has 0 saturated heterocycles. The van der Waals surface area contributed by atoms with Gasteiger partial charge in [-0.05, 0) is 40.8 Å². The SMILES string of the molecule is N#CC(C#N)=C1CC(=O)c2cc3c(cc21)C=CCC=C3. The van der Waals surface area contributed by atoms with Crippen molar-refractivity contribution in [2.75, 3.05) is 0 Å². The summed E-state index contributed by atoms with van der Waals surface area (Å²) in [6.07, 6.45) is 9.10. The maximum absolute atomic E-state index is 12.1. The summed E-state index contributed by atoms with van der Waals surface area (Å²) in [5.74, 6) is -0.0255. The van der Waals surface area contributed by atoms with E-state index in [9.17, 15) is 4.79 Å². The van der Waals surface area contributed by atoms with Gasteiger partial charge in [0.1, 0.15) is 17.7 Å². The topological polar surface area (TPSA) is 64.7 Å². The van der Waals surface area contributed by atoms with Gasteiger partial charge in [-0.15, -0.1) is 0 Å². The molecule has 0 amide bonds. The van der Waals surface area contributed by atoms with Crippen molar-refractivity contribution in [3.63, 3.8) is 0 Å². The van der Waals surface area contributed by atoms with Gasteiger partial charge in [0.25, 0.3) is 0 Å². The zero-order valence-corrected chi connectivity index (χ0v) is 10.7. The van der Waals surface area contributed by atoms with Gasteiger partial charge in [0.05, 0.1) is 0 Å². The highest BCUT2D eigenvalue weighted by Gasteiger charge is 2.28. The molecular weight excluding hydrogens is 248 g/mol. The Hall–Kier alpha value is -2.91. The number of allylic oxidation sites excluding steroid dienone is 4. The molecule has 0 radical (unpaired) electrons. The van der Waals surface area contributed by atoms with Gasteiger partial charge in [-0.1, -0.05) is 24.3 Å². The highest BCUT2D eigenvalue weighted by Crippen LogP contribution is 2.37. The van der Waals surface area contributed by atoms with E-state index in [0.29, 0.717) is 11.1 Å². The van der Waals surface area contributed by atoms with E-state index in [-0.39, 0.29) is 17.8 Å². The zero-order chi connectivity index (χ0) is 14.1. The molecule has 0 aromatic heterocycles. The second-order valence-electron chi connectivity index (χ2n) is 4.74. The Morgan fingerprint density at radius 3 is 2.20 bits per heavy atom. The number of carbonyl (C=O) groups excluding carboxylic acids is 1. The van der Waals surface area contributed by atoms with Crippen LogP contribution in [0.25, 0.3) is 17.7 Å². The molecule has 0 spiro atoms. The molecule has 3 rings (SSSR count). The van der Waals surface area contributed by atoms with Crippen LogP contribution in [0.2, 0.25) is 0 Å². The molecule has 0 N–H and O–H groups in total. The standard InChI is InChI=1S/C17H10N2O/c18-9-13(10-19)14-8-17(20)16-7-12-5-3-1-2-4-11(12)6-15(14)16/h2-7H,1,8H2. The highest BCUT2D eigenvalue weighted by molar-refractivity contribution is 6.13. The van der Waals surface area contributed by atoms with Crippen LogP contribution in [-0.2, 0) is 0 Å². The predicted octanol–water partition coefficient (Wildman–Crippen LogP) is 3.50. The number of nitrogens with zero attached hydrogens (tertiary/aromatic N) is 2. The van der Waals surface area contributed by atoms with E-state index in [1.807, 2.05) is 48.6 Å². The Morgan fingerprint density at radius 2 is 1.60 bits per heavy atom. The van der Waals surface area contributed by atoms with Crippen LogP contribution in [0.3, 0.4) is 0 Å². The Kier molecular flexibility index (Phi) is 2.82. The van der Waals surface area contributed by atoms with Crippen molar-refractivity contribution < 1.29 is 4.79 Å². The molecule has 0 bridgehead atoms. The van der Waals surface area contributed by atoms with Crippen LogP contribution >= 0.6 is 0 Å². The maximum atomic E-state index is 12.1. The highest BCUT2D eigenvalue weighted by atomic mass is 16.1. The number of Topliss-reactive ketones (excluding diaryl/α,β-unsaturated/α-hetero) is 1. The van der Waals surface area contributed by atoms with Crippen molar-refractivity contribution in [1.82, 2.24) is 0 Å². The molecule has 0 atom stereocenters. The number of hydrogen-bond donors (Lipinski definition) is 0. The molecule has 1 aromatic rings. The summed E-state index contributed by atoms with van der Waals surface area (Å²) >= 11 is 0. The summed E-state index contributed by atoms with van der Waals surface area (Å²) in [6.45, 7) is 0. The lowest BCUT2D eigenvalue weighted by Gasteiger charge is -2.06. The molecule has 3 heteroatoms. The largest absolute Gasteiger partial charge is 0.294 e. The quantitative estimate of drug-likeness (QED) is 0.669. The Bertz CT molecular complexity index is 780. The van der Waals surface area contributed by atoms with E-state index < -0.39 is 0 Å². The molecule has 0 fully saturated rings. The third kappa shape index (κ3) is 1.77. The van der Waals surface area contributed by atoms with Crippen LogP contribution in [0.5, 0.6) is 0 Å². The van der Waals surface area contributed by atoms with Crippen molar-refractivity contribution in [2.45, 2.75) is 12.8 Å². The lowest BCUT2D eigenvalue weighted by Crippen LogP contribution is -1.93. The third-order valence-corrected chi connectivity index (χ3v) is 3.58. The van der Waals surface area contributed by atoms with E-state index in [2.05, 4.69) is 0 Å². The minimum atomic E-state index is -0.0255. The number of nitriles is 2. The monoisotopic (exact) mass is 258 g/mol. The fraction of sp³-hybridized carbons (Fsp3) is 0.118. The van der Waals surface area contributed by atoms with Gasteiger partial charge in [-0.3, -0.25) is 4.79 Å². The zero-order valence-electron chi connectivity index (χ0n) is 10.7. The van der Waals surface area contributed by atoms with Crippen LogP contribution in [-0.4, -0.2) is 5.78 Å². The van der Waals surface area contributed by atoms with Gasteiger partial charge in [-0.2, -0.15) is 10.5 Å². The van der Waals surface area contributed by atoms with Crippen molar-refractivity contribution >= 4 is 23.5 Å². The molecule has 0 aliphatic heterocycles. The van der Waals surface area contributed by atoms with Gasteiger partial charge in [0, 0.05) is 12.0 Å². The first-order valence-electron chi connectivity index (χ1n) is 6.32. The molecule has 0 heterocycles. The van der Waals surface area contributed by atoms with Crippen molar-refractivity contribution in [3.05, 3.63) is 52.1 Å². The van der Waals surface area contributed by atoms with Crippen LogP contribution < -0.4 is 0 Å². The van der Waals surface area contributed by atoms with E-state index in [4.69, 9.17) is 10.5 Å². The first kappa shape index (κ1) is 12.1. The lowest BCUT2D eigenvalue weighted by atomic mass is 9.96. The summed E-state index contributed by atoms with van der Waals surface area (Å²) in [5, 5.41) is 18.0. The number of hydrogen-bond acceptors (Lipinski definition) is 3. The second kappa shape index (κ2) is 4.64. The van der Waals surface area contributed by atoms with Gasteiger partial charge in [0.15, 0.2) is 5.78 Å². The molecule has 1 aromatic carbocycles. The molecule has 94 valence electrons. The summed E-state index contributed by atoms with van der Waals surface area (Å²) in [5.41, 5.74) is 3.95. The van der Waals surface area contributed by atoms with Crippen LogP contribution in [0.1, 0.15) is 39.9 Å². The number of carbonyl (C=O) groups is 1. The van der Waals surface area contributed by atoms with E-state index in [1.54, 1.807) is 0 Å². The van der Waals surface area contributed by atoms with Crippen molar-refractivity contribution in [3.8, 4) is 12.1 Å². The number of rotatable bonds is 0. The Balaban J connectivity index is 2.29. The van der Waals surface area contributed by atoms with E-state index in [0.717, 1.165) is 23.1 Å². The number of benzene rings is 1. The van der Waals surface area contributed by atoms with E-state index in [1.165, 1.54) is 0 Å². The summed E-state index contributed by atoms with van der Waals surface area (Å²) < 4.78 is 0. The molecular formula is C17H10N2O. The first-order chi connectivity index (χ1) is 9.74. The maximum Gasteiger partial charge on any atom is 0.167 e. The summed E-state index contributed by atoms with van der Waals surface area (Å²) in [7, 11) is 0. The molecule has 20 heavy (non-hydrogen) atoms. The fourth-order valence-corrected chi connectivity index (χ4v) is 2.60. The third-order valence-electron chi connectivity index (χ3n) is 3.58. The second-order valence-corrected chi connectivity index (χ2v) is 4.74. The van der Waals surface area contributed by atoms with Gasteiger partial charge in [0.2, 0.25) is 0 Å². The lowest BCUT2D eigenvalue weighted by molar-refractivity contribution is 0.100. The number of ketones is 1. The average molecular weight is 258 g/mol. The Labute approximate surface area is 116 Å². The van der Waals surface area contributed by atoms with Gasteiger partial charge in [-0.25, -0.2) is 0 Å². The summed E-state index contributed by atoms with van der Waals surface area (Å²) in [4.78, 5) is 12.1. The van der Waals surface area contributed by atoms with Crippen molar-refractivity contribution in [1.29, 1.82) is 10.5 Å². The number of fused-ring (bicyclic) bond motifs is 2. The van der Waals surface area contributed by atoms with Crippen LogP contribution in [0.4, 0.5) is 0 Å². The fourth-order valence-electron chi connectivity index (χ4n) is 2.60. The van der Waals surface area contributed by atoms with Crippen molar-refractivity contribution in [2.24, 2.45) is 0 Å². The van der Waals surface area contributed by atoms with Gasteiger partial charge >= 0.3 is 0 Å². The average Bonchev–Trinajstić information content (AvgIpc) is 2.65. The van der Waals surface area contributed by atoms with E-state index >= 15 is 0 Å². The minimum Gasteiger partial charge on any atom is -0.294 e. The molecule has 0 saturated carbocycles. The molecule has 3 nitrogen and oxygen atoms in total. The molecule has 0 unspecified atom stereocenters. The molecule has 2 aliphatic rings. The van der Waals surface area contributed by atoms with Crippen LogP contribution in [0, 0.1) is 22.7 Å². The smallest absolute Gasteiger partial charge is 0.167 e. The van der Waals surface area contributed by atoms with Gasteiger partial charge < -0.3 is 0 Å². The molecule has 2 aliphatic carbocycles. The predicted molar refractivity (Wildman–Crippen MR) is 76.2 cm³/mol. The summed E-state index contributed by atoms with van der Waals surface area (Å²) in [6, 6.07) is 7.53.